The van der Waals surface area contributed by atoms with Crippen LogP contribution in [-0.4, -0.2) is 36.6 Å². The standard InChI is InChI=1S/C13H21N3O3S/c1-9-15-10(8-20-9)7-12(17)16-11(13(18)19-2)5-3-4-6-14/h8,11H,3-7,14H2,1-2H3,(H,16,17). The first-order valence-electron chi connectivity index (χ1n) is 6.55. The molecule has 0 bridgehead atoms. The Morgan fingerprint density at radius 1 is 1.50 bits per heavy atom. The largest absolute Gasteiger partial charge is 0.467 e. The Balaban J connectivity index is 2.50. The number of methoxy groups -OCH3 is 1. The van der Waals surface area contributed by atoms with Crippen LogP contribution in [0.25, 0.3) is 0 Å². The number of nitrogens with one attached hydrogen (secondary N) is 1. The fraction of sp³-hybridized carbons (Fsp3) is 0.615. The van der Waals surface area contributed by atoms with Crippen molar-refractivity contribution in [2.75, 3.05) is 13.7 Å². The van der Waals surface area contributed by atoms with Crippen molar-refractivity contribution in [2.45, 2.75) is 38.6 Å². The SMILES string of the molecule is COC(=O)C(CCCCN)NC(=O)Cc1csc(C)n1. The van der Waals surface area contributed by atoms with E-state index in [-0.39, 0.29) is 12.3 Å². The van der Waals surface area contributed by atoms with Gasteiger partial charge in [0.05, 0.1) is 24.2 Å². The molecule has 1 aromatic heterocycles. The van der Waals surface area contributed by atoms with E-state index in [0.29, 0.717) is 13.0 Å². The lowest BCUT2D eigenvalue weighted by Crippen LogP contribution is -2.42. The minimum atomic E-state index is -0.612. The number of aryl methyl sites for hydroxylation is 1. The molecule has 112 valence electrons. The van der Waals surface area contributed by atoms with Crippen molar-refractivity contribution in [3.8, 4) is 0 Å². The first-order chi connectivity index (χ1) is 9.56. The summed E-state index contributed by atoms with van der Waals surface area (Å²) in [6.07, 6.45) is 2.29. The number of esters is 1. The predicted octanol–water partition coefficient (Wildman–Crippen LogP) is 0.781. The number of rotatable bonds is 8. The highest BCUT2D eigenvalue weighted by molar-refractivity contribution is 7.09. The molecule has 1 unspecified atom stereocenters. The molecule has 1 atom stereocenters. The van der Waals surface area contributed by atoms with Gasteiger partial charge in [0, 0.05) is 5.38 Å². The summed E-state index contributed by atoms with van der Waals surface area (Å²) in [5.41, 5.74) is 6.14. The molecule has 20 heavy (non-hydrogen) atoms. The lowest BCUT2D eigenvalue weighted by atomic mass is 10.1. The van der Waals surface area contributed by atoms with Crippen molar-refractivity contribution >= 4 is 23.2 Å². The van der Waals surface area contributed by atoms with Gasteiger partial charge in [-0.15, -0.1) is 11.3 Å². The molecule has 0 aliphatic carbocycles. The maximum atomic E-state index is 11.9. The number of carbonyl (C=O) groups excluding carboxylic acids is 2. The average Bonchev–Trinajstić information content (AvgIpc) is 2.82. The van der Waals surface area contributed by atoms with Crippen molar-refractivity contribution in [3.63, 3.8) is 0 Å². The highest BCUT2D eigenvalue weighted by Gasteiger charge is 2.21. The molecule has 6 nitrogen and oxygen atoms in total. The van der Waals surface area contributed by atoms with Gasteiger partial charge in [0.25, 0.3) is 0 Å². The van der Waals surface area contributed by atoms with Gasteiger partial charge in [0.15, 0.2) is 0 Å². The van der Waals surface area contributed by atoms with Crippen LogP contribution in [0.4, 0.5) is 0 Å². The molecule has 0 spiro atoms. The van der Waals surface area contributed by atoms with E-state index >= 15 is 0 Å². The second kappa shape index (κ2) is 8.65. The summed E-state index contributed by atoms with van der Waals surface area (Å²) in [6.45, 7) is 2.45. The van der Waals surface area contributed by atoms with Gasteiger partial charge in [-0.3, -0.25) is 4.79 Å². The summed E-state index contributed by atoms with van der Waals surface area (Å²) in [7, 11) is 1.31. The fourth-order valence-corrected chi connectivity index (χ4v) is 2.40. The number of unbranched alkanes of at least 4 members (excludes halogenated alkanes) is 1. The molecule has 1 amide bonds. The lowest BCUT2D eigenvalue weighted by Gasteiger charge is -2.16. The zero-order chi connectivity index (χ0) is 15.0. The molecule has 7 heteroatoms. The van der Waals surface area contributed by atoms with Crippen LogP contribution >= 0.6 is 11.3 Å². The van der Waals surface area contributed by atoms with Crippen molar-refractivity contribution in [1.82, 2.24) is 10.3 Å². The molecule has 1 aromatic rings. The first-order valence-corrected chi connectivity index (χ1v) is 7.43. The third-order valence-electron chi connectivity index (χ3n) is 2.78. The van der Waals surface area contributed by atoms with E-state index in [1.807, 2.05) is 12.3 Å². The van der Waals surface area contributed by atoms with Crippen LogP contribution < -0.4 is 11.1 Å². The van der Waals surface area contributed by atoms with Crippen LogP contribution in [0.5, 0.6) is 0 Å². The summed E-state index contributed by atoms with van der Waals surface area (Å²) >= 11 is 1.50. The minimum absolute atomic E-state index is 0.175. The van der Waals surface area contributed by atoms with Gasteiger partial charge in [-0.2, -0.15) is 0 Å². The number of carbonyl (C=O) groups is 2. The Morgan fingerprint density at radius 2 is 2.25 bits per heavy atom. The van der Waals surface area contributed by atoms with Gasteiger partial charge >= 0.3 is 5.97 Å². The topological polar surface area (TPSA) is 94.3 Å². The number of hydrogen-bond acceptors (Lipinski definition) is 6. The summed E-state index contributed by atoms with van der Waals surface area (Å²) in [4.78, 5) is 27.7. The van der Waals surface area contributed by atoms with E-state index in [0.717, 1.165) is 23.5 Å². The molecule has 0 aliphatic heterocycles. The van der Waals surface area contributed by atoms with Gasteiger partial charge in [-0.1, -0.05) is 0 Å². The smallest absolute Gasteiger partial charge is 0.328 e. The third kappa shape index (κ3) is 5.66. The van der Waals surface area contributed by atoms with E-state index in [2.05, 4.69) is 10.3 Å². The van der Waals surface area contributed by atoms with Crippen LogP contribution in [0.15, 0.2) is 5.38 Å². The molecule has 1 heterocycles. The third-order valence-corrected chi connectivity index (χ3v) is 3.60. The minimum Gasteiger partial charge on any atom is -0.467 e. The van der Waals surface area contributed by atoms with Crippen molar-refractivity contribution in [3.05, 3.63) is 16.1 Å². The molecular weight excluding hydrogens is 278 g/mol. The van der Waals surface area contributed by atoms with Crippen LogP contribution in [0, 0.1) is 6.92 Å². The maximum Gasteiger partial charge on any atom is 0.328 e. The van der Waals surface area contributed by atoms with Gasteiger partial charge in [-0.05, 0) is 32.7 Å². The van der Waals surface area contributed by atoms with Gasteiger partial charge < -0.3 is 15.8 Å². The van der Waals surface area contributed by atoms with Crippen molar-refractivity contribution < 1.29 is 14.3 Å². The predicted molar refractivity (Wildman–Crippen MR) is 77.4 cm³/mol. The Labute approximate surface area is 122 Å². The molecule has 0 saturated carbocycles. The molecule has 0 fully saturated rings. The van der Waals surface area contributed by atoms with E-state index in [1.54, 1.807) is 0 Å². The number of hydrogen-bond donors (Lipinski definition) is 2. The Hall–Kier alpha value is -1.47. The Bertz CT molecular complexity index is 448. The quantitative estimate of drug-likeness (QED) is 0.546. The molecule has 0 saturated heterocycles. The number of ether oxygens (including phenoxy) is 1. The summed E-state index contributed by atoms with van der Waals surface area (Å²) in [5, 5.41) is 5.46. The number of amides is 1. The maximum absolute atomic E-state index is 11.9. The Kier molecular flexibility index (Phi) is 7.17. The second-order valence-electron chi connectivity index (χ2n) is 4.46. The van der Waals surface area contributed by atoms with Gasteiger partial charge in [0.1, 0.15) is 6.04 Å². The van der Waals surface area contributed by atoms with E-state index in [1.165, 1.54) is 18.4 Å². The zero-order valence-electron chi connectivity index (χ0n) is 11.8. The number of thiazole rings is 1. The molecule has 0 radical (unpaired) electrons. The normalized spacial score (nSPS) is 11.9. The van der Waals surface area contributed by atoms with Crippen molar-refractivity contribution in [2.24, 2.45) is 5.73 Å². The molecular formula is C13H21N3O3S. The monoisotopic (exact) mass is 299 g/mol. The lowest BCUT2D eigenvalue weighted by molar-refractivity contribution is -0.145. The van der Waals surface area contributed by atoms with Crippen LogP contribution in [0.1, 0.15) is 30.0 Å². The molecule has 0 aliphatic rings. The fourth-order valence-electron chi connectivity index (χ4n) is 1.78. The number of nitrogens with two attached hydrogens (primary N) is 1. The van der Waals surface area contributed by atoms with Gasteiger partial charge in [-0.25, -0.2) is 9.78 Å². The summed E-state index contributed by atoms with van der Waals surface area (Å²) in [5.74, 6) is -0.650. The van der Waals surface area contributed by atoms with Crippen molar-refractivity contribution in [1.29, 1.82) is 0 Å². The van der Waals surface area contributed by atoms with Crippen LogP contribution in [-0.2, 0) is 20.7 Å². The summed E-state index contributed by atoms with van der Waals surface area (Å²) < 4.78 is 4.70. The first kappa shape index (κ1) is 16.6. The molecule has 1 rings (SSSR count). The zero-order valence-corrected chi connectivity index (χ0v) is 12.7. The number of aromatic nitrogens is 1. The van der Waals surface area contributed by atoms with E-state index in [9.17, 15) is 9.59 Å². The highest BCUT2D eigenvalue weighted by atomic mass is 32.1. The van der Waals surface area contributed by atoms with Crippen LogP contribution in [0.3, 0.4) is 0 Å². The van der Waals surface area contributed by atoms with E-state index in [4.69, 9.17) is 10.5 Å². The Morgan fingerprint density at radius 3 is 2.80 bits per heavy atom. The van der Waals surface area contributed by atoms with Gasteiger partial charge in [0.2, 0.25) is 5.91 Å². The number of nitrogens with zero attached hydrogens (tertiary/aromatic N) is 1. The molecule has 3 N–H and O–H groups in total. The van der Waals surface area contributed by atoms with E-state index < -0.39 is 12.0 Å². The average molecular weight is 299 g/mol. The molecule has 0 aromatic carbocycles. The summed E-state index contributed by atoms with van der Waals surface area (Å²) in [6, 6.07) is -0.612. The van der Waals surface area contributed by atoms with Crippen LogP contribution in [0.2, 0.25) is 0 Å². The second-order valence-corrected chi connectivity index (χ2v) is 5.52. The highest BCUT2D eigenvalue weighted by Crippen LogP contribution is 2.09.